The number of carbonyl (C=O) groups excluding carboxylic acids is 1. The topological polar surface area (TPSA) is 40.5 Å². The average Bonchev–Trinajstić information content (AvgIpc) is 2.79. The number of fused-ring (bicyclic) bond motifs is 1. The minimum Gasteiger partial charge on any atom is -0.508 e. The third kappa shape index (κ3) is 2.69. The van der Waals surface area contributed by atoms with Crippen LogP contribution in [0.3, 0.4) is 0 Å². The molecule has 0 saturated heterocycles. The van der Waals surface area contributed by atoms with Gasteiger partial charge in [0.1, 0.15) is 11.6 Å². The Kier molecular flexibility index (Phi) is 3.63. The fourth-order valence-electron chi connectivity index (χ4n) is 3.33. The summed E-state index contributed by atoms with van der Waals surface area (Å²) in [4.78, 5) is 14.5. The van der Waals surface area contributed by atoms with Gasteiger partial charge in [0.05, 0.1) is 6.04 Å². The first-order valence-electron chi connectivity index (χ1n) is 7.66. The molecule has 2 aromatic carbocycles. The Hall–Kier alpha value is -2.36. The van der Waals surface area contributed by atoms with Crippen molar-refractivity contribution in [1.29, 1.82) is 0 Å². The predicted octanol–water partition coefficient (Wildman–Crippen LogP) is 4.27. The van der Waals surface area contributed by atoms with Crippen LogP contribution in [0.1, 0.15) is 48.3 Å². The Morgan fingerprint density at radius 2 is 1.87 bits per heavy atom. The molecule has 0 bridgehead atoms. The summed E-state index contributed by atoms with van der Waals surface area (Å²) in [7, 11) is 0. The van der Waals surface area contributed by atoms with E-state index in [1.165, 1.54) is 18.2 Å². The van der Waals surface area contributed by atoms with Gasteiger partial charge in [-0.15, -0.1) is 0 Å². The van der Waals surface area contributed by atoms with Crippen molar-refractivity contribution in [1.82, 2.24) is 4.90 Å². The highest BCUT2D eigenvalue weighted by Crippen LogP contribution is 2.44. The molecule has 1 amide bonds. The molecular formula is C19H20FNO2. The smallest absolute Gasteiger partial charge is 0.255 e. The van der Waals surface area contributed by atoms with Gasteiger partial charge in [0.15, 0.2) is 0 Å². The second kappa shape index (κ2) is 5.37. The van der Waals surface area contributed by atoms with E-state index in [9.17, 15) is 14.3 Å². The molecule has 3 nitrogen and oxygen atoms in total. The molecule has 3 rings (SSSR count). The summed E-state index contributed by atoms with van der Waals surface area (Å²) in [5, 5.41) is 10.2. The molecule has 4 heteroatoms. The minimum atomic E-state index is -0.420. The molecule has 23 heavy (non-hydrogen) atoms. The fraction of sp³-hybridized carbons (Fsp3) is 0.316. The molecular weight excluding hydrogens is 293 g/mol. The predicted molar refractivity (Wildman–Crippen MR) is 86.6 cm³/mol. The number of rotatable bonds is 2. The number of nitrogens with zero attached hydrogens (tertiary/aromatic N) is 1. The van der Waals surface area contributed by atoms with E-state index in [4.69, 9.17) is 0 Å². The largest absolute Gasteiger partial charge is 0.508 e. The van der Waals surface area contributed by atoms with Crippen LogP contribution < -0.4 is 0 Å². The van der Waals surface area contributed by atoms with Crippen LogP contribution in [0.4, 0.5) is 4.39 Å². The van der Waals surface area contributed by atoms with Crippen molar-refractivity contribution < 1.29 is 14.3 Å². The molecule has 0 aliphatic carbocycles. The van der Waals surface area contributed by atoms with E-state index in [0.29, 0.717) is 17.7 Å². The number of phenols is 1. The van der Waals surface area contributed by atoms with Crippen molar-refractivity contribution in [3.05, 3.63) is 65.0 Å². The van der Waals surface area contributed by atoms with Crippen LogP contribution in [0.25, 0.3) is 0 Å². The highest BCUT2D eigenvalue weighted by molar-refractivity contribution is 5.98. The third-order valence-electron chi connectivity index (χ3n) is 4.27. The van der Waals surface area contributed by atoms with Crippen molar-refractivity contribution in [2.75, 3.05) is 0 Å². The maximum Gasteiger partial charge on any atom is 0.255 e. The standard InChI is InChI=1S/C19H20FNO2/c1-19(2,3)17(15-10-13(20)8-9-16(15)22)21-11-12-6-4-5-7-14(12)18(21)23/h4-10,17,22H,11H2,1-3H3. The zero-order valence-electron chi connectivity index (χ0n) is 13.5. The molecule has 0 aromatic heterocycles. The zero-order valence-corrected chi connectivity index (χ0v) is 13.5. The molecule has 0 saturated carbocycles. The lowest BCUT2D eigenvalue weighted by atomic mass is 9.81. The Bertz CT molecular complexity index is 764. The van der Waals surface area contributed by atoms with E-state index >= 15 is 0 Å². The molecule has 120 valence electrons. The van der Waals surface area contributed by atoms with Gasteiger partial charge in [0.25, 0.3) is 5.91 Å². The van der Waals surface area contributed by atoms with Crippen molar-refractivity contribution in [2.45, 2.75) is 33.4 Å². The van der Waals surface area contributed by atoms with Gasteiger partial charge in [-0.25, -0.2) is 4.39 Å². The van der Waals surface area contributed by atoms with Crippen molar-refractivity contribution >= 4 is 5.91 Å². The van der Waals surface area contributed by atoms with Gasteiger partial charge in [-0.3, -0.25) is 4.79 Å². The minimum absolute atomic E-state index is 0.00933. The fourth-order valence-corrected chi connectivity index (χ4v) is 3.33. The number of hydrogen-bond donors (Lipinski definition) is 1. The average molecular weight is 313 g/mol. The van der Waals surface area contributed by atoms with Crippen LogP contribution in [0.5, 0.6) is 5.75 Å². The lowest BCUT2D eigenvalue weighted by Crippen LogP contribution is -2.37. The number of aromatic hydroxyl groups is 1. The van der Waals surface area contributed by atoms with Crippen LogP contribution in [-0.2, 0) is 6.54 Å². The second-order valence-electron chi connectivity index (χ2n) is 7.06. The van der Waals surface area contributed by atoms with E-state index < -0.39 is 11.9 Å². The lowest BCUT2D eigenvalue weighted by molar-refractivity contribution is 0.0532. The van der Waals surface area contributed by atoms with Gasteiger partial charge in [-0.05, 0) is 35.2 Å². The summed E-state index contributed by atoms with van der Waals surface area (Å²) < 4.78 is 13.7. The summed E-state index contributed by atoms with van der Waals surface area (Å²) >= 11 is 0. The number of phenolic OH excluding ortho intramolecular Hbond substituents is 1. The first-order chi connectivity index (χ1) is 10.8. The van der Waals surface area contributed by atoms with Crippen molar-refractivity contribution in [2.24, 2.45) is 5.41 Å². The summed E-state index contributed by atoms with van der Waals surface area (Å²) in [6, 6.07) is 10.9. The van der Waals surface area contributed by atoms with Gasteiger partial charge < -0.3 is 10.0 Å². The maximum absolute atomic E-state index is 13.7. The molecule has 0 radical (unpaired) electrons. The molecule has 1 N–H and O–H groups in total. The van der Waals surface area contributed by atoms with Crippen molar-refractivity contribution in [3.8, 4) is 5.75 Å². The highest BCUT2D eigenvalue weighted by Gasteiger charge is 2.40. The SMILES string of the molecule is CC(C)(C)C(c1cc(F)ccc1O)N1Cc2ccccc2C1=O. The number of halogens is 1. The van der Waals surface area contributed by atoms with Gasteiger partial charge >= 0.3 is 0 Å². The van der Waals surface area contributed by atoms with Gasteiger partial charge in [0.2, 0.25) is 0 Å². The van der Waals surface area contributed by atoms with Crippen molar-refractivity contribution in [3.63, 3.8) is 0 Å². The van der Waals surface area contributed by atoms with Gasteiger partial charge in [0, 0.05) is 17.7 Å². The zero-order chi connectivity index (χ0) is 16.8. The Labute approximate surface area is 135 Å². The second-order valence-corrected chi connectivity index (χ2v) is 7.06. The molecule has 2 aromatic rings. The first kappa shape index (κ1) is 15.5. The summed E-state index contributed by atoms with van der Waals surface area (Å²) in [6.45, 7) is 6.42. The number of hydrogen-bond acceptors (Lipinski definition) is 2. The summed E-state index contributed by atoms with van der Waals surface area (Å²) in [5.41, 5.74) is 1.72. The molecule has 1 aliphatic heterocycles. The Balaban J connectivity index is 2.09. The van der Waals surface area contributed by atoms with E-state index in [0.717, 1.165) is 5.56 Å². The monoisotopic (exact) mass is 313 g/mol. The maximum atomic E-state index is 13.7. The normalized spacial score (nSPS) is 15.7. The number of carbonyl (C=O) groups is 1. The molecule has 0 spiro atoms. The van der Waals surface area contributed by atoms with E-state index in [1.807, 2.05) is 45.0 Å². The summed E-state index contributed by atoms with van der Waals surface area (Å²) in [6.07, 6.45) is 0. The molecule has 1 aliphatic rings. The summed E-state index contributed by atoms with van der Waals surface area (Å²) in [5.74, 6) is -0.490. The third-order valence-corrected chi connectivity index (χ3v) is 4.27. The van der Waals surface area contributed by atoms with Crippen LogP contribution in [0.15, 0.2) is 42.5 Å². The Morgan fingerprint density at radius 3 is 2.52 bits per heavy atom. The number of benzene rings is 2. The van der Waals surface area contributed by atoms with E-state index in [2.05, 4.69) is 0 Å². The van der Waals surface area contributed by atoms with Crippen LogP contribution in [0, 0.1) is 11.2 Å². The van der Waals surface area contributed by atoms with Crippen LogP contribution in [-0.4, -0.2) is 15.9 Å². The molecule has 1 unspecified atom stereocenters. The lowest BCUT2D eigenvalue weighted by Gasteiger charge is -2.38. The van der Waals surface area contributed by atoms with E-state index in [1.54, 1.807) is 4.90 Å². The highest BCUT2D eigenvalue weighted by atomic mass is 19.1. The van der Waals surface area contributed by atoms with Crippen LogP contribution >= 0.6 is 0 Å². The number of amides is 1. The molecule has 0 fully saturated rings. The van der Waals surface area contributed by atoms with Gasteiger partial charge in [-0.1, -0.05) is 39.0 Å². The van der Waals surface area contributed by atoms with E-state index in [-0.39, 0.29) is 17.1 Å². The Morgan fingerprint density at radius 1 is 1.17 bits per heavy atom. The van der Waals surface area contributed by atoms with Gasteiger partial charge in [-0.2, -0.15) is 0 Å². The quantitative estimate of drug-likeness (QED) is 0.899. The molecule has 1 atom stereocenters. The first-order valence-corrected chi connectivity index (χ1v) is 7.66. The molecule has 1 heterocycles. The van der Waals surface area contributed by atoms with Crippen LogP contribution in [0.2, 0.25) is 0 Å².